The highest BCUT2D eigenvalue weighted by molar-refractivity contribution is 9.10. The molecule has 108 valence electrons. The maximum atomic E-state index is 6.19. The maximum Gasteiger partial charge on any atom is 0.0592 e. The van der Waals surface area contributed by atoms with E-state index >= 15 is 0 Å². The van der Waals surface area contributed by atoms with Crippen molar-refractivity contribution in [3.8, 4) is 0 Å². The molecular formula is C15H20BrN3S. The highest BCUT2D eigenvalue weighted by Crippen LogP contribution is 2.31. The fourth-order valence-corrected chi connectivity index (χ4v) is 4.13. The third-order valence-corrected chi connectivity index (χ3v) is 4.97. The van der Waals surface area contributed by atoms with Crippen LogP contribution in [0.25, 0.3) is 0 Å². The Balaban J connectivity index is 2.17. The number of likely N-dealkylation sites (N-methyl/N-ethyl adjacent to an activating group) is 1. The molecule has 2 N–H and O–H groups in total. The van der Waals surface area contributed by atoms with Gasteiger partial charge in [-0.1, -0.05) is 6.07 Å². The molecule has 2 unspecified atom stereocenters. The minimum atomic E-state index is 0.0651. The van der Waals surface area contributed by atoms with Crippen molar-refractivity contribution >= 4 is 27.3 Å². The number of halogens is 1. The second-order valence-corrected chi connectivity index (χ2v) is 7.02. The third-order valence-electron chi connectivity index (χ3n) is 3.21. The highest BCUT2D eigenvalue weighted by atomic mass is 79.9. The Kier molecular flexibility index (Phi) is 5.32. The molecule has 2 atom stereocenters. The van der Waals surface area contributed by atoms with Gasteiger partial charge in [0, 0.05) is 33.0 Å². The average Bonchev–Trinajstić information content (AvgIpc) is 2.75. The Morgan fingerprint density at radius 2 is 2.20 bits per heavy atom. The van der Waals surface area contributed by atoms with E-state index in [1.165, 1.54) is 4.88 Å². The second kappa shape index (κ2) is 6.80. The van der Waals surface area contributed by atoms with E-state index in [0.29, 0.717) is 0 Å². The molecule has 0 aliphatic rings. The lowest BCUT2D eigenvalue weighted by Gasteiger charge is -2.30. The zero-order valence-corrected chi connectivity index (χ0v) is 14.4. The van der Waals surface area contributed by atoms with E-state index in [1.54, 1.807) is 11.3 Å². The molecular weight excluding hydrogens is 334 g/mol. The molecule has 0 aromatic carbocycles. The SMILES string of the molecule is Cc1cccc(CN(C)C(c2cc(Br)cs2)C(C)N)n1. The van der Waals surface area contributed by atoms with Gasteiger partial charge in [-0.2, -0.15) is 0 Å². The summed E-state index contributed by atoms with van der Waals surface area (Å²) in [6.45, 7) is 4.87. The zero-order valence-electron chi connectivity index (χ0n) is 12.0. The lowest BCUT2D eigenvalue weighted by atomic mass is 10.1. The number of nitrogens with zero attached hydrogens (tertiary/aromatic N) is 2. The molecule has 3 nitrogen and oxygen atoms in total. The predicted molar refractivity (Wildman–Crippen MR) is 88.9 cm³/mol. The van der Waals surface area contributed by atoms with Crippen LogP contribution in [-0.4, -0.2) is 23.0 Å². The number of rotatable bonds is 5. The van der Waals surface area contributed by atoms with Crippen molar-refractivity contribution in [2.75, 3.05) is 7.05 Å². The number of aryl methyl sites for hydroxylation is 1. The van der Waals surface area contributed by atoms with E-state index in [4.69, 9.17) is 5.73 Å². The van der Waals surface area contributed by atoms with E-state index in [2.05, 4.69) is 57.3 Å². The predicted octanol–water partition coefficient (Wildman–Crippen LogP) is 3.73. The van der Waals surface area contributed by atoms with Crippen LogP contribution in [0.15, 0.2) is 34.1 Å². The highest BCUT2D eigenvalue weighted by Gasteiger charge is 2.23. The van der Waals surface area contributed by atoms with Crippen LogP contribution in [0.3, 0.4) is 0 Å². The van der Waals surface area contributed by atoms with Gasteiger partial charge in [0.15, 0.2) is 0 Å². The number of hydrogen-bond donors (Lipinski definition) is 1. The Bertz CT molecular complexity index is 568. The first-order valence-corrected chi connectivity index (χ1v) is 8.27. The molecule has 2 aromatic rings. The van der Waals surface area contributed by atoms with Crippen LogP contribution < -0.4 is 5.73 Å². The molecule has 0 spiro atoms. The van der Waals surface area contributed by atoms with Crippen molar-refractivity contribution in [1.29, 1.82) is 0 Å². The fourth-order valence-electron chi connectivity index (χ4n) is 2.40. The number of hydrogen-bond acceptors (Lipinski definition) is 4. The number of aromatic nitrogens is 1. The van der Waals surface area contributed by atoms with Gasteiger partial charge < -0.3 is 5.73 Å². The smallest absolute Gasteiger partial charge is 0.0592 e. The van der Waals surface area contributed by atoms with Gasteiger partial charge in [0.2, 0.25) is 0 Å². The largest absolute Gasteiger partial charge is 0.326 e. The topological polar surface area (TPSA) is 42.1 Å². The summed E-state index contributed by atoms with van der Waals surface area (Å²) in [5.74, 6) is 0. The standard InChI is InChI=1S/C15H20BrN3S/c1-10-5-4-6-13(18-10)8-19(3)15(11(2)17)14-7-12(16)9-20-14/h4-7,9,11,15H,8,17H2,1-3H3. The van der Waals surface area contributed by atoms with E-state index in [0.717, 1.165) is 22.4 Å². The summed E-state index contributed by atoms with van der Waals surface area (Å²) >= 11 is 5.25. The summed E-state index contributed by atoms with van der Waals surface area (Å²) in [6.07, 6.45) is 0. The molecule has 0 aliphatic carbocycles. The van der Waals surface area contributed by atoms with Crippen LogP contribution >= 0.6 is 27.3 Å². The molecule has 0 saturated carbocycles. The van der Waals surface area contributed by atoms with Crippen LogP contribution in [0.4, 0.5) is 0 Å². The van der Waals surface area contributed by atoms with Crippen molar-refractivity contribution in [2.24, 2.45) is 5.73 Å². The van der Waals surface area contributed by atoms with E-state index in [-0.39, 0.29) is 12.1 Å². The summed E-state index contributed by atoms with van der Waals surface area (Å²) in [4.78, 5) is 8.11. The molecule has 2 rings (SSSR count). The van der Waals surface area contributed by atoms with Crippen molar-refractivity contribution in [3.63, 3.8) is 0 Å². The van der Waals surface area contributed by atoms with Gasteiger partial charge in [-0.15, -0.1) is 11.3 Å². The zero-order chi connectivity index (χ0) is 14.7. The molecule has 20 heavy (non-hydrogen) atoms. The van der Waals surface area contributed by atoms with Crippen LogP contribution in [0.5, 0.6) is 0 Å². The normalized spacial score (nSPS) is 14.5. The fraction of sp³-hybridized carbons (Fsp3) is 0.400. The summed E-state index contributed by atoms with van der Waals surface area (Å²) in [6, 6.07) is 8.55. The number of thiophene rings is 1. The summed E-state index contributed by atoms with van der Waals surface area (Å²) in [5.41, 5.74) is 8.32. The lowest BCUT2D eigenvalue weighted by Crippen LogP contribution is -2.36. The van der Waals surface area contributed by atoms with Gasteiger partial charge >= 0.3 is 0 Å². The Morgan fingerprint density at radius 1 is 1.45 bits per heavy atom. The van der Waals surface area contributed by atoms with E-state index < -0.39 is 0 Å². The van der Waals surface area contributed by atoms with Crippen LogP contribution in [0, 0.1) is 6.92 Å². The molecule has 0 amide bonds. The summed E-state index contributed by atoms with van der Waals surface area (Å²) in [7, 11) is 2.10. The van der Waals surface area contributed by atoms with Crippen LogP contribution in [0.2, 0.25) is 0 Å². The van der Waals surface area contributed by atoms with Gasteiger partial charge in [-0.05, 0) is 55.0 Å². The molecule has 0 bridgehead atoms. The van der Waals surface area contributed by atoms with Crippen molar-refractivity contribution in [1.82, 2.24) is 9.88 Å². The Labute approximate surface area is 133 Å². The quantitative estimate of drug-likeness (QED) is 0.890. The molecule has 5 heteroatoms. The molecule has 0 saturated heterocycles. The van der Waals surface area contributed by atoms with E-state index in [1.807, 2.05) is 19.1 Å². The summed E-state index contributed by atoms with van der Waals surface area (Å²) < 4.78 is 1.12. The Morgan fingerprint density at radius 3 is 2.75 bits per heavy atom. The van der Waals surface area contributed by atoms with Gasteiger partial charge in [-0.3, -0.25) is 9.88 Å². The van der Waals surface area contributed by atoms with Crippen molar-refractivity contribution < 1.29 is 0 Å². The molecule has 0 fully saturated rings. The first-order chi connectivity index (χ1) is 9.47. The first kappa shape index (κ1) is 15.6. The first-order valence-electron chi connectivity index (χ1n) is 6.59. The Hall–Kier alpha value is -0.750. The molecule has 0 radical (unpaired) electrons. The third kappa shape index (κ3) is 3.88. The van der Waals surface area contributed by atoms with Crippen molar-refractivity contribution in [2.45, 2.75) is 32.5 Å². The lowest BCUT2D eigenvalue weighted by molar-refractivity contribution is 0.212. The van der Waals surface area contributed by atoms with Crippen LogP contribution in [0.1, 0.15) is 29.2 Å². The van der Waals surface area contributed by atoms with Gasteiger partial charge in [0.25, 0.3) is 0 Å². The minimum Gasteiger partial charge on any atom is -0.326 e. The monoisotopic (exact) mass is 353 g/mol. The molecule has 2 aromatic heterocycles. The van der Waals surface area contributed by atoms with Crippen LogP contribution in [-0.2, 0) is 6.54 Å². The van der Waals surface area contributed by atoms with Crippen molar-refractivity contribution in [3.05, 3.63) is 50.4 Å². The maximum absolute atomic E-state index is 6.19. The van der Waals surface area contributed by atoms with Gasteiger partial charge in [0.1, 0.15) is 0 Å². The number of pyridine rings is 1. The summed E-state index contributed by atoms with van der Waals surface area (Å²) in [5, 5.41) is 2.10. The van der Waals surface area contributed by atoms with Gasteiger partial charge in [-0.25, -0.2) is 0 Å². The average molecular weight is 354 g/mol. The minimum absolute atomic E-state index is 0.0651. The van der Waals surface area contributed by atoms with Gasteiger partial charge in [0.05, 0.1) is 11.7 Å². The second-order valence-electron chi connectivity index (χ2n) is 5.16. The molecule has 2 heterocycles. The molecule has 0 aliphatic heterocycles. The number of nitrogens with two attached hydrogens (primary N) is 1. The van der Waals surface area contributed by atoms with E-state index in [9.17, 15) is 0 Å².